The van der Waals surface area contributed by atoms with Crippen LogP contribution < -0.4 is 11.5 Å². The lowest BCUT2D eigenvalue weighted by Gasteiger charge is -2.03. The largest absolute Gasteiger partial charge is 0.325 e. The van der Waals surface area contributed by atoms with Gasteiger partial charge in [-0.05, 0) is 0 Å². The molecule has 0 aromatic carbocycles. The molecule has 0 aromatic heterocycles. The van der Waals surface area contributed by atoms with Crippen molar-refractivity contribution in [2.45, 2.75) is 12.1 Å². The normalized spacial score (nSPS) is 33.6. The van der Waals surface area contributed by atoms with Crippen LogP contribution in [0.25, 0.3) is 0 Å². The van der Waals surface area contributed by atoms with E-state index in [0.717, 1.165) is 0 Å². The van der Waals surface area contributed by atoms with Gasteiger partial charge in [-0.25, -0.2) is 8.42 Å². The summed E-state index contributed by atoms with van der Waals surface area (Å²) in [5, 5.41) is 0. The van der Waals surface area contributed by atoms with Gasteiger partial charge in [0.05, 0.1) is 11.5 Å². The number of halogens is 2. The molecule has 70 valence electrons. The van der Waals surface area contributed by atoms with E-state index in [-0.39, 0.29) is 48.4 Å². The highest BCUT2D eigenvalue weighted by Crippen LogP contribution is 2.07. The van der Waals surface area contributed by atoms with Crippen molar-refractivity contribution >= 4 is 34.7 Å². The predicted octanol–water partition coefficient (Wildman–Crippen LogP) is -1.09. The highest BCUT2D eigenvalue weighted by atomic mass is 35.5. The molecule has 0 aromatic rings. The summed E-state index contributed by atoms with van der Waals surface area (Å²) < 4.78 is 21.4. The Morgan fingerprint density at radius 2 is 1.27 bits per heavy atom. The Kier molecular flexibility index (Phi) is 5.69. The third-order valence-electron chi connectivity index (χ3n) is 1.44. The second kappa shape index (κ2) is 4.47. The molecule has 0 radical (unpaired) electrons. The van der Waals surface area contributed by atoms with E-state index < -0.39 is 9.84 Å². The molecule has 7 heteroatoms. The van der Waals surface area contributed by atoms with Gasteiger partial charge in [0, 0.05) is 12.1 Å². The zero-order valence-corrected chi connectivity index (χ0v) is 8.21. The second-order valence-corrected chi connectivity index (χ2v) is 4.56. The molecule has 4 N–H and O–H groups in total. The lowest BCUT2D eigenvalue weighted by atomic mass is 10.2. The first-order valence-electron chi connectivity index (χ1n) is 2.73. The first-order valence-corrected chi connectivity index (χ1v) is 4.55. The van der Waals surface area contributed by atoms with Gasteiger partial charge in [-0.2, -0.15) is 0 Å². The van der Waals surface area contributed by atoms with Crippen LogP contribution in [0.15, 0.2) is 0 Å². The fourth-order valence-corrected chi connectivity index (χ4v) is 2.71. The summed E-state index contributed by atoms with van der Waals surface area (Å²) in [4.78, 5) is 0. The number of nitrogens with two attached hydrogens (primary N) is 2. The smallest absolute Gasteiger partial charge is 0.153 e. The molecule has 0 aliphatic carbocycles. The molecule has 1 saturated heterocycles. The van der Waals surface area contributed by atoms with Gasteiger partial charge in [-0.3, -0.25) is 0 Å². The van der Waals surface area contributed by atoms with Crippen molar-refractivity contribution in [3.8, 4) is 0 Å². The van der Waals surface area contributed by atoms with Gasteiger partial charge in [0.15, 0.2) is 9.84 Å². The van der Waals surface area contributed by atoms with E-state index in [1.807, 2.05) is 0 Å². The fourth-order valence-electron chi connectivity index (χ4n) is 0.902. The van der Waals surface area contributed by atoms with Gasteiger partial charge in [-0.1, -0.05) is 0 Å². The molecule has 0 amide bonds. The molecule has 1 rings (SSSR count). The third-order valence-corrected chi connectivity index (χ3v) is 3.23. The molecule has 1 aliphatic rings. The first-order chi connectivity index (χ1) is 4.01. The Balaban J connectivity index is 0. The maximum Gasteiger partial charge on any atom is 0.153 e. The van der Waals surface area contributed by atoms with E-state index in [1.165, 1.54) is 0 Å². The lowest BCUT2D eigenvalue weighted by molar-refractivity contribution is 0.601. The van der Waals surface area contributed by atoms with Crippen molar-refractivity contribution in [1.29, 1.82) is 0 Å². The lowest BCUT2D eigenvalue weighted by Crippen LogP contribution is -2.39. The Morgan fingerprint density at radius 3 is 1.36 bits per heavy atom. The van der Waals surface area contributed by atoms with Crippen LogP contribution in [-0.2, 0) is 9.84 Å². The number of sulfone groups is 1. The predicted molar refractivity (Wildman–Crippen MR) is 49.1 cm³/mol. The average Bonchev–Trinajstić information content (AvgIpc) is 1.79. The monoisotopic (exact) mass is 222 g/mol. The van der Waals surface area contributed by atoms with Crippen molar-refractivity contribution in [2.24, 2.45) is 11.5 Å². The zero-order valence-electron chi connectivity index (χ0n) is 5.76. The molecule has 0 saturated carbocycles. The molecule has 11 heavy (non-hydrogen) atoms. The van der Waals surface area contributed by atoms with Crippen molar-refractivity contribution < 1.29 is 8.42 Å². The van der Waals surface area contributed by atoms with Crippen molar-refractivity contribution in [2.75, 3.05) is 11.5 Å². The first kappa shape index (κ1) is 14.0. The standard InChI is InChI=1S/C4H10N2O2S.2ClH/c5-3-1-9(7,8)2-4(3)6;;/h3-4H,1-2,5-6H2;2*1H. The van der Waals surface area contributed by atoms with Crippen LogP contribution in [0, 0.1) is 0 Å². The molecule has 0 bridgehead atoms. The topological polar surface area (TPSA) is 86.2 Å². The second-order valence-electron chi connectivity index (χ2n) is 2.40. The van der Waals surface area contributed by atoms with Crippen molar-refractivity contribution in [3.05, 3.63) is 0 Å². The Hall–Kier alpha value is 0.450. The van der Waals surface area contributed by atoms with Gasteiger partial charge in [0.2, 0.25) is 0 Å². The van der Waals surface area contributed by atoms with Crippen LogP contribution in [0.1, 0.15) is 0 Å². The maximum absolute atomic E-state index is 10.7. The molecule has 2 atom stereocenters. The zero-order chi connectivity index (χ0) is 7.07. The molecule has 1 aliphatic heterocycles. The number of rotatable bonds is 0. The van der Waals surface area contributed by atoms with Crippen LogP contribution in [0.4, 0.5) is 0 Å². The number of hydrogen-bond acceptors (Lipinski definition) is 4. The summed E-state index contributed by atoms with van der Waals surface area (Å²) in [6, 6.07) is -0.704. The minimum absolute atomic E-state index is 0. The molecule has 4 nitrogen and oxygen atoms in total. The maximum atomic E-state index is 10.7. The van der Waals surface area contributed by atoms with Gasteiger partial charge in [-0.15, -0.1) is 24.8 Å². The van der Waals surface area contributed by atoms with Crippen LogP contribution in [-0.4, -0.2) is 32.0 Å². The van der Waals surface area contributed by atoms with E-state index in [1.54, 1.807) is 0 Å². The van der Waals surface area contributed by atoms with E-state index in [9.17, 15) is 8.42 Å². The Morgan fingerprint density at radius 1 is 1.00 bits per heavy atom. The van der Waals surface area contributed by atoms with Crippen molar-refractivity contribution in [3.63, 3.8) is 0 Å². The quantitative estimate of drug-likeness (QED) is 0.546. The molecular formula is C4H12Cl2N2O2S. The SMILES string of the molecule is Cl.Cl.NC1CS(=O)(=O)CC1N. The van der Waals surface area contributed by atoms with E-state index in [0.29, 0.717) is 0 Å². The van der Waals surface area contributed by atoms with E-state index in [2.05, 4.69) is 0 Å². The highest BCUT2D eigenvalue weighted by molar-refractivity contribution is 7.91. The van der Waals surface area contributed by atoms with Crippen molar-refractivity contribution in [1.82, 2.24) is 0 Å². The van der Waals surface area contributed by atoms with Gasteiger partial charge < -0.3 is 11.5 Å². The summed E-state index contributed by atoms with van der Waals surface area (Å²) in [6.07, 6.45) is 0. The summed E-state index contributed by atoms with van der Waals surface area (Å²) in [5.74, 6) is 0.0995. The van der Waals surface area contributed by atoms with E-state index >= 15 is 0 Å². The molecule has 2 unspecified atom stereocenters. The Bertz CT molecular complexity index is 190. The van der Waals surface area contributed by atoms with Gasteiger partial charge in [0.25, 0.3) is 0 Å². The number of hydrogen-bond donors (Lipinski definition) is 2. The minimum Gasteiger partial charge on any atom is -0.325 e. The van der Waals surface area contributed by atoms with Crippen LogP contribution in [0.2, 0.25) is 0 Å². The van der Waals surface area contributed by atoms with Gasteiger partial charge >= 0.3 is 0 Å². The highest BCUT2D eigenvalue weighted by Gasteiger charge is 2.32. The molecule has 1 fully saturated rings. The van der Waals surface area contributed by atoms with Crippen LogP contribution in [0.3, 0.4) is 0 Å². The van der Waals surface area contributed by atoms with Crippen LogP contribution in [0.5, 0.6) is 0 Å². The summed E-state index contributed by atoms with van der Waals surface area (Å²) in [7, 11) is -2.89. The summed E-state index contributed by atoms with van der Waals surface area (Å²) in [5.41, 5.74) is 10.7. The van der Waals surface area contributed by atoms with Crippen LogP contribution >= 0.6 is 24.8 Å². The van der Waals surface area contributed by atoms with E-state index in [4.69, 9.17) is 11.5 Å². The third kappa shape index (κ3) is 3.57. The molecular weight excluding hydrogens is 211 g/mol. The summed E-state index contributed by atoms with van der Waals surface area (Å²) in [6.45, 7) is 0. The van der Waals surface area contributed by atoms with Gasteiger partial charge in [0.1, 0.15) is 0 Å². The molecule has 1 heterocycles. The summed E-state index contributed by atoms with van der Waals surface area (Å²) >= 11 is 0. The minimum atomic E-state index is -2.89. The average molecular weight is 223 g/mol. The fraction of sp³-hybridized carbons (Fsp3) is 1.00. The Labute approximate surface area is 78.4 Å². The molecule has 0 spiro atoms.